The average Bonchev–Trinajstić information content (AvgIpc) is 2.11. The maximum atomic E-state index is 12.1. The van der Waals surface area contributed by atoms with Gasteiger partial charge < -0.3 is 9.29 Å². The van der Waals surface area contributed by atoms with Crippen LogP contribution in [0.4, 0.5) is 0 Å². The number of esters is 1. The van der Waals surface area contributed by atoms with E-state index in [-0.39, 0.29) is 22.7 Å². The molecule has 1 fully saturated rings. The third-order valence-corrected chi connectivity index (χ3v) is 4.43. The van der Waals surface area contributed by atoms with Crippen molar-refractivity contribution in [1.82, 2.24) is 4.31 Å². The summed E-state index contributed by atoms with van der Waals surface area (Å²) in [5, 5.41) is 0. The predicted octanol–water partition coefficient (Wildman–Crippen LogP) is 1.33. The van der Waals surface area contributed by atoms with Crippen molar-refractivity contribution in [3.05, 3.63) is 0 Å². The van der Waals surface area contributed by atoms with Gasteiger partial charge in [-0.3, -0.25) is 4.79 Å². The Morgan fingerprint density at radius 2 is 2.12 bits per heavy atom. The Balaban J connectivity index is 2.66. The van der Waals surface area contributed by atoms with E-state index in [0.29, 0.717) is 13.2 Å². The predicted molar refractivity (Wildman–Crippen MR) is 64.2 cm³/mol. The molecule has 0 aromatic rings. The lowest BCUT2D eigenvalue weighted by Crippen LogP contribution is -2.64. The number of hydrogen-bond donors (Lipinski definition) is 0. The highest BCUT2D eigenvalue weighted by molar-refractivity contribution is 7.90. The van der Waals surface area contributed by atoms with Gasteiger partial charge in [0.1, 0.15) is 4.75 Å². The topological polar surface area (TPSA) is 52.6 Å². The van der Waals surface area contributed by atoms with Crippen LogP contribution in [0.15, 0.2) is 0 Å². The van der Waals surface area contributed by atoms with E-state index in [0.717, 1.165) is 0 Å². The van der Waals surface area contributed by atoms with Gasteiger partial charge in [0.2, 0.25) is 0 Å². The Morgan fingerprint density at radius 3 is 2.50 bits per heavy atom. The van der Waals surface area contributed by atoms with Crippen LogP contribution >= 0.6 is 0 Å². The molecule has 0 bridgehead atoms. The summed E-state index contributed by atoms with van der Waals surface area (Å²) < 4.78 is 18.5. The number of carbonyl (C=O) groups is 1. The number of nitrogens with zero attached hydrogens (tertiary/aromatic N) is 1. The van der Waals surface area contributed by atoms with Crippen molar-refractivity contribution < 1.29 is 14.1 Å². The Morgan fingerprint density at radius 1 is 1.56 bits per heavy atom. The lowest BCUT2D eigenvalue weighted by molar-refractivity contribution is -0.154. The van der Waals surface area contributed by atoms with Crippen LogP contribution in [-0.2, 0) is 20.9 Å². The normalized spacial score (nSPS) is 28.4. The maximum Gasteiger partial charge on any atom is 0.328 e. The van der Waals surface area contributed by atoms with Crippen molar-refractivity contribution in [1.29, 1.82) is 0 Å². The van der Waals surface area contributed by atoms with Crippen molar-refractivity contribution in [3.8, 4) is 0 Å². The number of ether oxygens (including phenoxy) is 1. The third kappa shape index (κ3) is 2.70. The minimum absolute atomic E-state index is 0.227. The molecule has 0 radical (unpaired) electrons. The van der Waals surface area contributed by atoms with Gasteiger partial charge in [-0.25, -0.2) is 0 Å². The van der Waals surface area contributed by atoms with E-state index in [1.165, 1.54) is 0 Å². The zero-order valence-electron chi connectivity index (χ0n) is 10.6. The van der Waals surface area contributed by atoms with Crippen molar-refractivity contribution in [2.45, 2.75) is 45.4 Å². The molecule has 0 spiro atoms. The van der Waals surface area contributed by atoms with Gasteiger partial charge in [-0.15, -0.1) is 4.31 Å². The van der Waals surface area contributed by atoms with E-state index in [9.17, 15) is 9.35 Å². The van der Waals surface area contributed by atoms with Gasteiger partial charge in [-0.2, -0.15) is 0 Å². The highest BCUT2D eigenvalue weighted by atomic mass is 32.2. The molecule has 1 saturated heterocycles. The van der Waals surface area contributed by atoms with Crippen LogP contribution in [0.3, 0.4) is 0 Å². The second-order valence-corrected chi connectivity index (χ2v) is 7.33. The SMILES string of the molecule is CCOC(=O)[C@H]1[C@H](C)CN1[S+]([O-])C(C)(C)C. The summed E-state index contributed by atoms with van der Waals surface area (Å²) in [7, 11) is 0. The summed E-state index contributed by atoms with van der Waals surface area (Å²) in [5.41, 5.74) is 0. The standard InChI is InChI=1S/C11H21NO3S/c1-6-15-10(13)9-8(2)7-12(9)16(14)11(3,4)5/h8-9H,6-7H2,1-5H3/t8-,9-,16?/m1/s1. The van der Waals surface area contributed by atoms with E-state index >= 15 is 0 Å². The number of rotatable bonds is 3. The van der Waals surface area contributed by atoms with Gasteiger partial charge >= 0.3 is 5.97 Å². The molecule has 0 saturated carbocycles. The molecule has 1 rings (SSSR count). The monoisotopic (exact) mass is 247 g/mol. The second-order valence-electron chi connectivity index (χ2n) is 5.14. The molecule has 1 heterocycles. The van der Waals surface area contributed by atoms with Crippen LogP contribution in [0.2, 0.25) is 0 Å². The Kier molecular flexibility index (Phi) is 4.26. The van der Waals surface area contributed by atoms with Gasteiger partial charge in [-0.1, -0.05) is 6.92 Å². The van der Waals surface area contributed by atoms with Crippen LogP contribution in [0, 0.1) is 5.92 Å². The van der Waals surface area contributed by atoms with E-state index in [1.807, 2.05) is 27.7 Å². The summed E-state index contributed by atoms with van der Waals surface area (Å²) in [4.78, 5) is 11.7. The summed E-state index contributed by atoms with van der Waals surface area (Å²) in [5.74, 6) is -0.0239. The summed E-state index contributed by atoms with van der Waals surface area (Å²) >= 11 is -1.14. The highest BCUT2D eigenvalue weighted by Gasteiger charge is 2.52. The average molecular weight is 247 g/mol. The largest absolute Gasteiger partial charge is 0.597 e. The molecule has 0 aliphatic carbocycles. The molecular weight excluding hydrogens is 226 g/mol. The number of carbonyl (C=O) groups excluding carboxylic acids is 1. The molecule has 1 unspecified atom stereocenters. The molecule has 1 aliphatic heterocycles. The lowest BCUT2D eigenvalue weighted by Gasteiger charge is -2.46. The van der Waals surface area contributed by atoms with Crippen molar-refractivity contribution in [3.63, 3.8) is 0 Å². The number of hydrogen-bond acceptors (Lipinski definition) is 4. The smallest absolute Gasteiger partial charge is 0.328 e. The molecule has 3 atom stereocenters. The molecule has 1 aliphatic rings. The van der Waals surface area contributed by atoms with Gasteiger partial charge in [0, 0.05) is 17.3 Å². The fourth-order valence-corrected chi connectivity index (χ4v) is 3.32. The fourth-order valence-electron chi connectivity index (χ4n) is 1.74. The van der Waals surface area contributed by atoms with Crippen LogP contribution < -0.4 is 0 Å². The molecule has 16 heavy (non-hydrogen) atoms. The Labute approximate surface area is 101 Å². The maximum absolute atomic E-state index is 12.1. The molecule has 94 valence electrons. The highest BCUT2D eigenvalue weighted by Crippen LogP contribution is 2.33. The molecule has 0 N–H and O–H groups in total. The summed E-state index contributed by atoms with van der Waals surface area (Å²) in [6.45, 7) is 10.6. The molecule has 0 amide bonds. The van der Waals surface area contributed by atoms with Crippen molar-refractivity contribution in [2.24, 2.45) is 5.92 Å². The molecule has 4 nitrogen and oxygen atoms in total. The van der Waals surface area contributed by atoms with Gasteiger partial charge in [0.05, 0.1) is 13.2 Å². The van der Waals surface area contributed by atoms with Gasteiger partial charge in [0.15, 0.2) is 6.04 Å². The van der Waals surface area contributed by atoms with Crippen molar-refractivity contribution >= 4 is 17.3 Å². The first-order valence-corrected chi connectivity index (χ1v) is 6.75. The first-order valence-electron chi connectivity index (χ1n) is 5.64. The first-order chi connectivity index (χ1) is 7.29. The van der Waals surface area contributed by atoms with Crippen LogP contribution in [0.5, 0.6) is 0 Å². The molecule has 0 aromatic carbocycles. The minimum atomic E-state index is -1.14. The third-order valence-electron chi connectivity index (χ3n) is 2.58. The Hall–Kier alpha value is -0.260. The summed E-state index contributed by atoms with van der Waals surface area (Å²) in [6.07, 6.45) is 0. The second kappa shape index (κ2) is 4.94. The lowest BCUT2D eigenvalue weighted by atomic mass is 9.94. The quantitative estimate of drug-likeness (QED) is 0.558. The van der Waals surface area contributed by atoms with Crippen LogP contribution in [0.1, 0.15) is 34.6 Å². The molecular formula is C11H21NO3S. The van der Waals surface area contributed by atoms with E-state index in [1.54, 1.807) is 11.2 Å². The molecule has 5 heteroatoms. The first kappa shape index (κ1) is 13.8. The van der Waals surface area contributed by atoms with Crippen molar-refractivity contribution in [2.75, 3.05) is 13.2 Å². The molecule has 0 aromatic heterocycles. The van der Waals surface area contributed by atoms with Crippen LogP contribution in [0.25, 0.3) is 0 Å². The van der Waals surface area contributed by atoms with Crippen LogP contribution in [-0.4, -0.2) is 38.8 Å². The van der Waals surface area contributed by atoms with Gasteiger partial charge in [-0.05, 0) is 27.7 Å². The Bertz CT molecular complexity index is 264. The van der Waals surface area contributed by atoms with E-state index < -0.39 is 11.4 Å². The van der Waals surface area contributed by atoms with Gasteiger partial charge in [0.25, 0.3) is 0 Å². The minimum Gasteiger partial charge on any atom is -0.597 e. The fraction of sp³-hybridized carbons (Fsp3) is 0.909. The zero-order valence-corrected chi connectivity index (χ0v) is 11.5. The van der Waals surface area contributed by atoms with E-state index in [4.69, 9.17) is 4.74 Å². The summed E-state index contributed by atoms with van der Waals surface area (Å²) in [6, 6.07) is -0.333. The zero-order chi connectivity index (χ0) is 12.5. The van der Waals surface area contributed by atoms with E-state index in [2.05, 4.69) is 0 Å².